The van der Waals surface area contributed by atoms with Crippen LogP contribution in [0.1, 0.15) is 18.7 Å². The van der Waals surface area contributed by atoms with Gasteiger partial charge in [0.15, 0.2) is 5.82 Å². The first-order valence-corrected chi connectivity index (χ1v) is 8.65. The summed E-state index contributed by atoms with van der Waals surface area (Å²) in [7, 11) is 0. The van der Waals surface area contributed by atoms with Gasteiger partial charge in [0.1, 0.15) is 11.5 Å². The van der Waals surface area contributed by atoms with E-state index in [9.17, 15) is 9.59 Å². The molecular formula is C18H19N5O3. The van der Waals surface area contributed by atoms with Crippen molar-refractivity contribution < 1.29 is 14.7 Å². The van der Waals surface area contributed by atoms with Crippen molar-refractivity contribution in [1.29, 1.82) is 0 Å². The maximum absolute atomic E-state index is 12.2. The van der Waals surface area contributed by atoms with Crippen LogP contribution in [0.15, 0.2) is 36.0 Å². The van der Waals surface area contributed by atoms with Gasteiger partial charge in [-0.2, -0.15) is 0 Å². The molecule has 4 rings (SSSR count). The number of nitrogens with one attached hydrogen (secondary N) is 1. The summed E-state index contributed by atoms with van der Waals surface area (Å²) in [5.41, 5.74) is 1.86. The topological polar surface area (TPSA) is 100 Å². The number of carbonyl (C=O) groups is 2. The van der Waals surface area contributed by atoms with Crippen LogP contribution in [0.4, 0.5) is 5.69 Å². The molecule has 26 heavy (non-hydrogen) atoms. The number of amides is 2. The van der Waals surface area contributed by atoms with Crippen molar-refractivity contribution in [2.45, 2.75) is 25.8 Å². The Morgan fingerprint density at radius 2 is 1.92 bits per heavy atom. The van der Waals surface area contributed by atoms with E-state index in [1.807, 2.05) is 24.3 Å². The zero-order valence-corrected chi connectivity index (χ0v) is 14.2. The number of aliphatic hydroxyl groups is 1. The van der Waals surface area contributed by atoms with Crippen LogP contribution in [0.3, 0.4) is 0 Å². The lowest BCUT2D eigenvalue weighted by molar-refractivity contribution is -0.137. The Morgan fingerprint density at radius 1 is 1.12 bits per heavy atom. The molecule has 1 aromatic heterocycles. The number of benzene rings is 1. The predicted octanol–water partition coefficient (Wildman–Crippen LogP) is 0.938. The van der Waals surface area contributed by atoms with E-state index in [1.165, 1.54) is 6.08 Å². The van der Waals surface area contributed by atoms with E-state index in [-0.39, 0.29) is 18.8 Å². The molecule has 134 valence electrons. The van der Waals surface area contributed by atoms with Crippen LogP contribution < -0.4 is 5.32 Å². The van der Waals surface area contributed by atoms with Gasteiger partial charge in [0.05, 0.1) is 13.2 Å². The largest absolute Gasteiger partial charge is 0.395 e. The minimum Gasteiger partial charge on any atom is -0.395 e. The number of carbonyl (C=O) groups excluding carboxylic acids is 2. The van der Waals surface area contributed by atoms with Crippen molar-refractivity contribution in [3.63, 3.8) is 0 Å². The van der Waals surface area contributed by atoms with Gasteiger partial charge in [-0.05, 0) is 37.1 Å². The minimum absolute atomic E-state index is 0.00369. The SMILES string of the molecule is O=C1C=C(Nc2ccc(-c3nnc4n3CCCC4)cc2)C(=O)N1CCO. The van der Waals surface area contributed by atoms with Crippen molar-refractivity contribution in [1.82, 2.24) is 19.7 Å². The first kappa shape index (κ1) is 16.5. The first-order chi connectivity index (χ1) is 12.7. The highest BCUT2D eigenvalue weighted by Gasteiger charge is 2.30. The maximum atomic E-state index is 12.2. The van der Waals surface area contributed by atoms with Crippen molar-refractivity contribution in [2.24, 2.45) is 0 Å². The molecule has 2 N–H and O–H groups in total. The molecule has 2 amide bonds. The van der Waals surface area contributed by atoms with Crippen LogP contribution in [-0.2, 0) is 22.6 Å². The van der Waals surface area contributed by atoms with Crippen LogP contribution in [0.5, 0.6) is 0 Å². The number of nitrogens with zero attached hydrogens (tertiary/aromatic N) is 4. The Hall–Kier alpha value is -3.00. The average molecular weight is 353 g/mol. The molecule has 2 aromatic rings. The summed E-state index contributed by atoms with van der Waals surface area (Å²) in [6.07, 6.45) is 4.49. The number of hydrogen-bond donors (Lipinski definition) is 2. The van der Waals surface area contributed by atoms with Crippen molar-refractivity contribution in [2.75, 3.05) is 18.5 Å². The summed E-state index contributed by atoms with van der Waals surface area (Å²) in [6.45, 7) is 0.675. The Bertz CT molecular complexity index is 885. The number of β-amino-alcohol motifs (C(OH)–C–C–N with tert-alkyl or cyclic N) is 1. The summed E-state index contributed by atoms with van der Waals surface area (Å²) in [6, 6.07) is 7.52. The van der Waals surface area contributed by atoms with Crippen molar-refractivity contribution in [3.8, 4) is 11.4 Å². The molecule has 0 spiro atoms. The number of rotatable bonds is 5. The van der Waals surface area contributed by atoms with Gasteiger partial charge in [-0.15, -0.1) is 10.2 Å². The summed E-state index contributed by atoms with van der Waals surface area (Å²) >= 11 is 0. The first-order valence-electron chi connectivity index (χ1n) is 8.65. The molecule has 0 saturated heterocycles. The van der Waals surface area contributed by atoms with Crippen molar-refractivity contribution >= 4 is 17.5 Å². The number of aryl methyl sites for hydroxylation is 1. The molecule has 0 atom stereocenters. The highest BCUT2D eigenvalue weighted by molar-refractivity contribution is 6.17. The van der Waals surface area contributed by atoms with Gasteiger partial charge < -0.3 is 15.0 Å². The van der Waals surface area contributed by atoms with Gasteiger partial charge in [-0.25, -0.2) is 0 Å². The number of imide groups is 1. The minimum atomic E-state index is -0.431. The number of aromatic nitrogens is 3. The van der Waals surface area contributed by atoms with Gasteiger partial charge in [-0.3, -0.25) is 14.5 Å². The molecule has 0 aliphatic carbocycles. The molecule has 0 saturated carbocycles. The van der Waals surface area contributed by atoms with Gasteiger partial charge in [0.25, 0.3) is 11.8 Å². The molecule has 0 fully saturated rings. The summed E-state index contributed by atoms with van der Waals surface area (Å²) in [5, 5.41) is 20.5. The molecule has 3 heterocycles. The number of aliphatic hydroxyl groups excluding tert-OH is 1. The highest BCUT2D eigenvalue weighted by Crippen LogP contribution is 2.25. The number of fused-ring (bicyclic) bond motifs is 1. The lowest BCUT2D eigenvalue weighted by atomic mass is 10.1. The summed E-state index contributed by atoms with van der Waals surface area (Å²) < 4.78 is 2.15. The van der Waals surface area contributed by atoms with E-state index in [2.05, 4.69) is 20.1 Å². The third kappa shape index (κ3) is 2.88. The Balaban J connectivity index is 1.51. The Labute approximate surface area is 150 Å². The molecule has 2 aliphatic heterocycles. The highest BCUT2D eigenvalue weighted by atomic mass is 16.3. The predicted molar refractivity (Wildman–Crippen MR) is 93.9 cm³/mol. The zero-order chi connectivity index (χ0) is 18.1. The van der Waals surface area contributed by atoms with E-state index in [0.717, 1.165) is 47.9 Å². The molecule has 8 heteroatoms. The fraction of sp³-hybridized carbons (Fsp3) is 0.333. The third-order valence-corrected chi connectivity index (χ3v) is 4.61. The molecule has 8 nitrogen and oxygen atoms in total. The smallest absolute Gasteiger partial charge is 0.277 e. The molecule has 0 bridgehead atoms. The maximum Gasteiger partial charge on any atom is 0.277 e. The molecule has 0 radical (unpaired) electrons. The number of hydrogen-bond acceptors (Lipinski definition) is 6. The quantitative estimate of drug-likeness (QED) is 0.776. The lowest BCUT2D eigenvalue weighted by Crippen LogP contribution is -2.34. The van der Waals surface area contributed by atoms with Gasteiger partial charge in [0.2, 0.25) is 0 Å². The van der Waals surface area contributed by atoms with Gasteiger partial charge in [-0.1, -0.05) is 0 Å². The fourth-order valence-electron chi connectivity index (χ4n) is 3.29. The van der Waals surface area contributed by atoms with Crippen LogP contribution >= 0.6 is 0 Å². The Kier molecular flexibility index (Phi) is 4.26. The van der Waals surface area contributed by atoms with E-state index in [0.29, 0.717) is 5.69 Å². The second-order valence-electron chi connectivity index (χ2n) is 6.33. The van der Waals surface area contributed by atoms with E-state index in [1.54, 1.807) is 0 Å². The van der Waals surface area contributed by atoms with Crippen molar-refractivity contribution in [3.05, 3.63) is 41.9 Å². The second kappa shape index (κ2) is 6.72. The third-order valence-electron chi connectivity index (χ3n) is 4.61. The average Bonchev–Trinajstić information content (AvgIpc) is 3.20. The molecule has 0 unspecified atom stereocenters. The Morgan fingerprint density at radius 3 is 2.69 bits per heavy atom. The van der Waals surface area contributed by atoms with Crippen LogP contribution in [0.2, 0.25) is 0 Å². The van der Waals surface area contributed by atoms with E-state index >= 15 is 0 Å². The molecule has 1 aromatic carbocycles. The van der Waals surface area contributed by atoms with Crippen LogP contribution in [-0.4, -0.2) is 49.7 Å². The van der Waals surface area contributed by atoms with Gasteiger partial charge in [0, 0.05) is 30.3 Å². The van der Waals surface area contributed by atoms with Crippen LogP contribution in [0.25, 0.3) is 11.4 Å². The van der Waals surface area contributed by atoms with Gasteiger partial charge >= 0.3 is 0 Å². The lowest BCUT2D eigenvalue weighted by Gasteiger charge is -2.15. The fourth-order valence-corrected chi connectivity index (χ4v) is 3.29. The normalized spacial score (nSPS) is 16.7. The monoisotopic (exact) mass is 353 g/mol. The molecular weight excluding hydrogens is 334 g/mol. The van der Waals surface area contributed by atoms with E-state index < -0.39 is 11.8 Å². The molecule has 2 aliphatic rings. The summed E-state index contributed by atoms with van der Waals surface area (Å²) in [4.78, 5) is 25.0. The second-order valence-corrected chi connectivity index (χ2v) is 6.33. The van der Waals surface area contributed by atoms with Crippen LogP contribution in [0, 0.1) is 0 Å². The zero-order valence-electron chi connectivity index (χ0n) is 14.2. The number of anilines is 1. The van der Waals surface area contributed by atoms with E-state index in [4.69, 9.17) is 5.11 Å². The standard InChI is InChI=1S/C18H19N5O3/c24-10-9-23-16(25)11-14(18(23)26)19-13-6-4-12(5-7-13)17-21-20-15-3-1-2-8-22(15)17/h4-7,11,19,24H,1-3,8-10H2. The summed E-state index contributed by atoms with van der Waals surface area (Å²) in [5.74, 6) is 1.03.